The Morgan fingerprint density at radius 2 is 1.14 bits per heavy atom. The van der Waals surface area contributed by atoms with Gasteiger partial charge >= 0.3 is 0 Å². The molecule has 0 unspecified atom stereocenters. The molecule has 0 saturated carbocycles. The van der Waals surface area contributed by atoms with Gasteiger partial charge in [0.15, 0.2) is 0 Å². The topological polar surface area (TPSA) is 15.3 Å². The predicted molar refractivity (Wildman–Crippen MR) is 190 cm³/mol. The number of benzene rings is 7. The van der Waals surface area contributed by atoms with E-state index in [0.717, 1.165) is 17.9 Å². The van der Waals surface area contributed by atoms with Crippen molar-refractivity contribution in [3.63, 3.8) is 0 Å². The highest BCUT2D eigenvalue weighted by molar-refractivity contribution is 7.19. The molecule has 7 aromatic carbocycles. The fraction of sp³-hybridized carbons (Fsp3) is 0.0244. The predicted octanol–water partition coefficient (Wildman–Crippen LogP) is 11.3. The molecule has 44 heavy (non-hydrogen) atoms. The molecular weight excluding hydrogens is 553 g/mol. The van der Waals surface area contributed by atoms with Gasteiger partial charge in [-0.15, -0.1) is 11.3 Å². The van der Waals surface area contributed by atoms with E-state index in [1.54, 1.807) is 0 Å². The summed E-state index contributed by atoms with van der Waals surface area (Å²) in [4.78, 5) is 3.79. The van der Waals surface area contributed by atoms with Crippen LogP contribution in [0.25, 0.3) is 59.2 Å². The van der Waals surface area contributed by atoms with Crippen LogP contribution in [0.15, 0.2) is 152 Å². The van der Waals surface area contributed by atoms with Crippen molar-refractivity contribution in [2.45, 2.75) is 6.54 Å². The highest BCUT2D eigenvalue weighted by Gasteiger charge is 2.25. The van der Waals surface area contributed by atoms with E-state index in [1.807, 2.05) is 11.3 Å². The third kappa shape index (κ3) is 4.01. The zero-order chi connectivity index (χ0) is 29.0. The van der Waals surface area contributed by atoms with E-state index in [1.165, 1.54) is 69.7 Å². The molecule has 0 bridgehead atoms. The highest BCUT2D eigenvalue weighted by Crippen LogP contribution is 2.44. The molecule has 2 heterocycles. The lowest BCUT2D eigenvalue weighted by atomic mass is 9.96. The van der Waals surface area contributed by atoms with Crippen molar-refractivity contribution in [3.05, 3.63) is 162 Å². The molecule has 0 amide bonds. The molecule has 0 radical (unpaired) electrons. The van der Waals surface area contributed by atoms with Crippen molar-refractivity contribution in [1.82, 2.24) is 5.32 Å². The van der Waals surface area contributed by atoms with Gasteiger partial charge in [-0.2, -0.15) is 0 Å². The number of nitrogens with zero attached hydrogens (tertiary/aromatic N) is 1. The van der Waals surface area contributed by atoms with Gasteiger partial charge in [0, 0.05) is 44.6 Å². The molecule has 1 aromatic heterocycles. The Hall–Kier alpha value is -5.38. The Morgan fingerprint density at radius 3 is 1.98 bits per heavy atom. The smallest absolute Gasteiger partial charge is 0.0708 e. The van der Waals surface area contributed by atoms with Crippen LogP contribution in [-0.4, -0.2) is 0 Å². The summed E-state index contributed by atoms with van der Waals surface area (Å²) in [5.74, 6) is 0. The lowest BCUT2D eigenvalue weighted by Crippen LogP contribution is -2.22. The van der Waals surface area contributed by atoms with Crippen LogP contribution < -0.4 is 10.2 Å². The molecule has 0 atom stereocenters. The molecule has 1 aliphatic rings. The Bertz CT molecular complexity index is 2380. The zero-order valence-electron chi connectivity index (χ0n) is 24.0. The quantitative estimate of drug-likeness (QED) is 0.208. The first-order valence-corrected chi connectivity index (χ1v) is 15.9. The molecule has 208 valence electrons. The summed E-state index contributed by atoms with van der Waals surface area (Å²) in [7, 11) is 0. The van der Waals surface area contributed by atoms with Gasteiger partial charge in [0.05, 0.1) is 5.70 Å². The van der Waals surface area contributed by atoms with Crippen LogP contribution in [-0.2, 0) is 6.54 Å². The maximum Gasteiger partial charge on any atom is 0.0708 e. The number of nitrogens with one attached hydrogen (secondary N) is 1. The lowest BCUT2D eigenvalue weighted by Gasteiger charge is -2.31. The van der Waals surface area contributed by atoms with E-state index >= 15 is 0 Å². The Balaban J connectivity index is 1.24. The van der Waals surface area contributed by atoms with Crippen LogP contribution in [0, 0.1) is 0 Å². The van der Waals surface area contributed by atoms with Crippen LogP contribution >= 0.6 is 11.3 Å². The van der Waals surface area contributed by atoms with Crippen LogP contribution in [0.2, 0.25) is 0 Å². The summed E-state index contributed by atoms with van der Waals surface area (Å²) in [6.45, 7) is 0.844. The molecular formula is C41H28N2S. The normalized spacial score (nSPS) is 12.8. The van der Waals surface area contributed by atoms with Crippen molar-refractivity contribution < 1.29 is 0 Å². The fourth-order valence-corrected chi connectivity index (χ4v) is 7.97. The van der Waals surface area contributed by atoms with Crippen molar-refractivity contribution >= 4 is 70.8 Å². The van der Waals surface area contributed by atoms with E-state index in [0.29, 0.717) is 0 Å². The number of thiophene rings is 1. The molecule has 1 aliphatic heterocycles. The Labute approximate surface area is 260 Å². The van der Waals surface area contributed by atoms with E-state index in [2.05, 4.69) is 162 Å². The van der Waals surface area contributed by atoms with Gasteiger partial charge in [-0.05, 0) is 73.8 Å². The molecule has 2 nitrogen and oxygen atoms in total. The Morgan fingerprint density at radius 1 is 0.500 bits per heavy atom. The van der Waals surface area contributed by atoms with Gasteiger partial charge < -0.3 is 10.2 Å². The first-order chi connectivity index (χ1) is 21.8. The summed E-state index contributed by atoms with van der Waals surface area (Å²) >= 11 is 1.89. The summed E-state index contributed by atoms with van der Waals surface area (Å²) < 4.78 is 1.32. The average Bonchev–Trinajstić information content (AvgIpc) is 3.48. The molecule has 0 fully saturated rings. The van der Waals surface area contributed by atoms with Crippen LogP contribution in [0.4, 0.5) is 11.4 Å². The minimum Gasteiger partial charge on any atom is -0.384 e. The number of hydrogen-bond donors (Lipinski definition) is 1. The summed E-state index contributed by atoms with van der Waals surface area (Å²) in [6, 6.07) is 53.0. The number of rotatable bonds is 4. The molecule has 0 spiro atoms. The minimum atomic E-state index is 0.844. The van der Waals surface area contributed by atoms with Gasteiger partial charge in [-0.25, -0.2) is 0 Å². The second kappa shape index (κ2) is 10.1. The standard InChI is InChI=1S/C41H28N2S/c1-2-8-27(9-3-1)28-14-18-31(19-15-28)43(38-25-42-26-40-41(38)37-12-6-7-13-39(37)44-40)32-20-23-34-30(24-32)17-22-35-33-11-5-4-10-29(33)16-21-36(34)35/h1-25,42H,26H2. The van der Waals surface area contributed by atoms with Crippen LogP contribution in [0.1, 0.15) is 10.4 Å². The third-order valence-corrected chi connectivity index (χ3v) is 10.1. The average molecular weight is 581 g/mol. The molecule has 0 saturated heterocycles. The molecule has 9 rings (SSSR count). The largest absolute Gasteiger partial charge is 0.384 e. The van der Waals surface area contributed by atoms with Crippen molar-refractivity contribution in [1.29, 1.82) is 0 Å². The van der Waals surface area contributed by atoms with E-state index in [-0.39, 0.29) is 0 Å². The summed E-state index contributed by atoms with van der Waals surface area (Å²) in [5, 5.41) is 12.6. The molecule has 8 aromatic rings. The molecule has 0 aliphatic carbocycles. The van der Waals surface area contributed by atoms with Gasteiger partial charge in [-0.3, -0.25) is 0 Å². The minimum absolute atomic E-state index is 0.844. The second-order valence-corrected chi connectivity index (χ2v) is 12.5. The fourth-order valence-electron chi connectivity index (χ4n) is 6.81. The van der Waals surface area contributed by atoms with Crippen molar-refractivity contribution in [2.75, 3.05) is 4.90 Å². The van der Waals surface area contributed by atoms with Gasteiger partial charge in [0.1, 0.15) is 0 Å². The van der Waals surface area contributed by atoms with Gasteiger partial charge in [-0.1, -0.05) is 115 Å². The molecule has 3 heteroatoms. The van der Waals surface area contributed by atoms with Gasteiger partial charge in [0.2, 0.25) is 0 Å². The number of hydrogen-bond acceptors (Lipinski definition) is 3. The van der Waals surface area contributed by atoms with Crippen molar-refractivity contribution in [2.24, 2.45) is 0 Å². The highest BCUT2D eigenvalue weighted by atomic mass is 32.1. The van der Waals surface area contributed by atoms with Crippen LogP contribution in [0.5, 0.6) is 0 Å². The monoisotopic (exact) mass is 580 g/mol. The van der Waals surface area contributed by atoms with E-state index in [4.69, 9.17) is 0 Å². The van der Waals surface area contributed by atoms with E-state index < -0.39 is 0 Å². The third-order valence-electron chi connectivity index (χ3n) is 8.88. The maximum atomic E-state index is 3.59. The van der Waals surface area contributed by atoms with Gasteiger partial charge in [0.25, 0.3) is 0 Å². The summed E-state index contributed by atoms with van der Waals surface area (Å²) in [5.41, 5.74) is 7.20. The lowest BCUT2D eigenvalue weighted by molar-refractivity contribution is 0.867. The Kier molecular flexibility index (Phi) is 5.78. The molecule has 1 N–H and O–H groups in total. The SMILES string of the molecule is C1=C(N(c2ccc(-c3ccccc3)cc2)c2ccc3c(ccc4c5ccccc5ccc34)c2)c2c(sc3ccccc23)CN1. The van der Waals surface area contributed by atoms with Crippen molar-refractivity contribution in [3.8, 4) is 11.1 Å². The number of anilines is 2. The first kappa shape index (κ1) is 25.1. The number of fused-ring (bicyclic) bond motifs is 8. The maximum absolute atomic E-state index is 3.59. The second-order valence-electron chi connectivity index (χ2n) is 11.4. The van der Waals surface area contributed by atoms with Crippen LogP contribution in [0.3, 0.4) is 0 Å². The van der Waals surface area contributed by atoms with E-state index in [9.17, 15) is 0 Å². The summed E-state index contributed by atoms with van der Waals surface area (Å²) in [6.07, 6.45) is 2.20. The zero-order valence-corrected chi connectivity index (χ0v) is 24.8. The first-order valence-electron chi connectivity index (χ1n) is 15.1.